The van der Waals surface area contributed by atoms with Crippen molar-refractivity contribution in [3.8, 4) is 0 Å². The highest BCUT2D eigenvalue weighted by Crippen LogP contribution is 2.26. The van der Waals surface area contributed by atoms with Crippen LogP contribution in [0.4, 0.5) is 0 Å². The molecule has 0 heterocycles. The maximum atomic E-state index is 11.3. The fourth-order valence-electron chi connectivity index (χ4n) is 2.77. The molecular weight excluding hydrogens is 276 g/mol. The molecule has 5 nitrogen and oxygen atoms in total. The van der Waals surface area contributed by atoms with E-state index in [1.165, 1.54) is 44.9 Å². The molecule has 1 fully saturated rings. The van der Waals surface area contributed by atoms with Crippen molar-refractivity contribution in [1.82, 2.24) is 10.6 Å². The Morgan fingerprint density at radius 1 is 1.23 bits per heavy atom. The van der Waals surface area contributed by atoms with Crippen molar-refractivity contribution in [3.05, 3.63) is 0 Å². The number of primary amides is 1. The highest BCUT2D eigenvalue weighted by Gasteiger charge is 2.24. The van der Waals surface area contributed by atoms with Crippen molar-refractivity contribution in [3.63, 3.8) is 0 Å². The van der Waals surface area contributed by atoms with Crippen molar-refractivity contribution < 1.29 is 4.79 Å². The Morgan fingerprint density at radius 2 is 1.91 bits per heavy atom. The number of hydrogen-bond acceptors (Lipinski definition) is 2. The summed E-state index contributed by atoms with van der Waals surface area (Å²) < 4.78 is 0. The van der Waals surface area contributed by atoms with Crippen LogP contribution in [-0.4, -0.2) is 31.5 Å². The predicted octanol–water partition coefficient (Wildman–Crippen LogP) is 2.41. The lowest BCUT2D eigenvalue weighted by molar-refractivity contribution is -0.125. The first-order valence-corrected chi connectivity index (χ1v) is 8.78. The van der Waals surface area contributed by atoms with Crippen molar-refractivity contribution >= 4 is 11.9 Å². The van der Waals surface area contributed by atoms with Gasteiger partial charge in [-0.1, -0.05) is 32.1 Å². The molecule has 1 rings (SSSR count). The average Bonchev–Trinajstić information content (AvgIpc) is 2.50. The van der Waals surface area contributed by atoms with Crippen LogP contribution in [0.1, 0.15) is 65.7 Å². The van der Waals surface area contributed by atoms with Gasteiger partial charge in [-0.3, -0.25) is 9.79 Å². The average molecular weight is 310 g/mol. The van der Waals surface area contributed by atoms with E-state index >= 15 is 0 Å². The topological polar surface area (TPSA) is 79.5 Å². The zero-order valence-corrected chi connectivity index (χ0v) is 14.6. The van der Waals surface area contributed by atoms with E-state index in [1.54, 1.807) is 0 Å². The minimum Gasteiger partial charge on any atom is -0.369 e. The summed E-state index contributed by atoms with van der Waals surface area (Å²) in [6, 6.07) is 0. The summed E-state index contributed by atoms with van der Waals surface area (Å²) in [6.07, 6.45) is 9.52. The molecule has 4 N–H and O–H groups in total. The van der Waals surface area contributed by atoms with Gasteiger partial charge in [-0.15, -0.1) is 0 Å². The molecule has 0 aromatic rings. The number of carbonyl (C=O) groups is 1. The molecule has 0 atom stereocenters. The molecule has 0 aromatic heterocycles. The number of rotatable bonds is 8. The maximum Gasteiger partial charge on any atom is 0.224 e. The fourth-order valence-corrected chi connectivity index (χ4v) is 2.77. The van der Waals surface area contributed by atoms with E-state index in [0.29, 0.717) is 6.54 Å². The van der Waals surface area contributed by atoms with Crippen molar-refractivity contribution in [1.29, 1.82) is 0 Å². The zero-order chi connectivity index (χ0) is 16.4. The number of hydrogen-bond donors (Lipinski definition) is 3. The van der Waals surface area contributed by atoms with Crippen LogP contribution in [0, 0.1) is 11.3 Å². The van der Waals surface area contributed by atoms with Crippen LogP contribution in [0.2, 0.25) is 0 Å². The number of amides is 1. The number of nitrogens with one attached hydrogen (secondary N) is 2. The second-order valence-electron chi connectivity index (χ2n) is 7.02. The van der Waals surface area contributed by atoms with Gasteiger partial charge in [0, 0.05) is 13.1 Å². The van der Waals surface area contributed by atoms with Gasteiger partial charge in [0.05, 0.1) is 12.0 Å². The zero-order valence-electron chi connectivity index (χ0n) is 14.6. The van der Waals surface area contributed by atoms with Crippen LogP contribution in [0.3, 0.4) is 0 Å². The molecule has 0 saturated heterocycles. The molecule has 1 amide bonds. The number of nitrogens with zero attached hydrogens (tertiary/aromatic N) is 1. The van der Waals surface area contributed by atoms with E-state index in [0.717, 1.165) is 25.0 Å². The van der Waals surface area contributed by atoms with Crippen LogP contribution in [0.5, 0.6) is 0 Å². The van der Waals surface area contributed by atoms with E-state index in [9.17, 15) is 4.79 Å². The number of guanidine groups is 1. The molecule has 0 unspecified atom stereocenters. The number of aliphatic imine (C=N–C) groups is 1. The predicted molar refractivity (Wildman–Crippen MR) is 92.8 cm³/mol. The molecular formula is C17H34N4O. The van der Waals surface area contributed by atoms with Gasteiger partial charge in [-0.05, 0) is 39.5 Å². The van der Waals surface area contributed by atoms with E-state index in [4.69, 9.17) is 5.73 Å². The molecule has 1 saturated carbocycles. The van der Waals surface area contributed by atoms with Crippen molar-refractivity contribution in [2.75, 3.05) is 19.6 Å². The summed E-state index contributed by atoms with van der Waals surface area (Å²) in [7, 11) is 0. The van der Waals surface area contributed by atoms with Crippen LogP contribution in [0.15, 0.2) is 4.99 Å². The Balaban J connectivity index is 2.32. The molecule has 1 aliphatic rings. The second-order valence-corrected chi connectivity index (χ2v) is 7.02. The summed E-state index contributed by atoms with van der Waals surface area (Å²) in [5.41, 5.74) is 4.78. The van der Waals surface area contributed by atoms with Crippen LogP contribution < -0.4 is 16.4 Å². The Labute approximate surface area is 135 Å². The van der Waals surface area contributed by atoms with Crippen molar-refractivity contribution in [2.45, 2.75) is 65.7 Å². The summed E-state index contributed by atoms with van der Waals surface area (Å²) in [4.78, 5) is 15.8. The molecule has 5 heteroatoms. The standard InChI is InChI=1S/C17H34N4O/c1-4-19-16(21-13-17(2,3)15(18)22)20-12-8-11-14-9-6-5-7-10-14/h14H,4-13H2,1-3H3,(H2,18,22)(H2,19,20,21). The fraction of sp³-hybridized carbons (Fsp3) is 0.882. The SMILES string of the molecule is CCNC(=NCC(C)(C)C(N)=O)NCCCC1CCCCC1. The van der Waals surface area contributed by atoms with E-state index in [1.807, 2.05) is 20.8 Å². The van der Waals surface area contributed by atoms with Crippen molar-refractivity contribution in [2.24, 2.45) is 22.1 Å². The van der Waals surface area contributed by atoms with Gasteiger partial charge in [0.2, 0.25) is 5.91 Å². The van der Waals surface area contributed by atoms with Crippen LogP contribution >= 0.6 is 0 Å². The molecule has 0 radical (unpaired) electrons. The lowest BCUT2D eigenvalue weighted by Crippen LogP contribution is -2.40. The normalized spacial score (nSPS) is 17.3. The highest BCUT2D eigenvalue weighted by atomic mass is 16.1. The minimum absolute atomic E-state index is 0.315. The lowest BCUT2D eigenvalue weighted by atomic mass is 9.86. The van der Waals surface area contributed by atoms with E-state index < -0.39 is 5.41 Å². The smallest absolute Gasteiger partial charge is 0.224 e. The molecule has 0 spiro atoms. The second kappa shape index (κ2) is 9.70. The maximum absolute atomic E-state index is 11.3. The van der Waals surface area contributed by atoms with Gasteiger partial charge in [-0.2, -0.15) is 0 Å². The molecule has 0 aliphatic heterocycles. The minimum atomic E-state index is -0.607. The third kappa shape index (κ3) is 7.14. The molecule has 1 aliphatic carbocycles. The summed E-state index contributed by atoms with van der Waals surface area (Å²) in [5.74, 6) is 1.38. The molecule has 22 heavy (non-hydrogen) atoms. The molecule has 128 valence electrons. The molecule has 0 aromatic carbocycles. The monoisotopic (exact) mass is 310 g/mol. The Morgan fingerprint density at radius 3 is 2.50 bits per heavy atom. The quantitative estimate of drug-likeness (QED) is 0.366. The number of carbonyl (C=O) groups excluding carboxylic acids is 1. The van der Waals surface area contributed by atoms with E-state index in [2.05, 4.69) is 15.6 Å². The summed E-state index contributed by atoms with van der Waals surface area (Å²) in [5, 5.41) is 6.58. The summed E-state index contributed by atoms with van der Waals surface area (Å²) >= 11 is 0. The first-order chi connectivity index (χ1) is 10.5. The van der Waals surface area contributed by atoms with Gasteiger partial charge >= 0.3 is 0 Å². The van der Waals surface area contributed by atoms with Gasteiger partial charge < -0.3 is 16.4 Å². The lowest BCUT2D eigenvalue weighted by Gasteiger charge is -2.22. The Kier molecular flexibility index (Phi) is 8.28. The van der Waals surface area contributed by atoms with Crippen LogP contribution in [0.25, 0.3) is 0 Å². The Bertz CT molecular complexity index is 360. The van der Waals surface area contributed by atoms with Crippen LogP contribution in [-0.2, 0) is 4.79 Å². The third-order valence-corrected chi connectivity index (χ3v) is 4.45. The van der Waals surface area contributed by atoms with Gasteiger partial charge in [0.25, 0.3) is 0 Å². The first kappa shape index (κ1) is 18.8. The largest absolute Gasteiger partial charge is 0.369 e. The highest BCUT2D eigenvalue weighted by molar-refractivity contribution is 5.82. The van der Waals surface area contributed by atoms with Gasteiger partial charge in [-0.25, -0.2) is 0 Å². The van der Waals surface area contributed by atoms with Gasteiger partial charge in [0.1, 0.15) is 0 Å². The van der Waals surface area contributed by atoms with E-state index in [-0.39, 0.29) is 5.91 Å². The Hall–Kier alpha value is -1.26. The first-order valence-electron chi connectivity index (χ1n) is 8.78. The summed E-state index contributed by atoms with van der Waals surface area (Å²) in [6.45, 7) is 7.83. The third-order valence-electron chi connectivity index (χ3n) is 4.45. The molecule has 0 bridgehead atoms. The van der Waals surface area contributed by atoms with Gasteiger partial charge in [0.15, 0.2) is 5.96 Å². The number of nitrogens with two attached hydrogens (primary N) is 1.